The van der Waals surface area contributed by atoms with E-state index in [0.29, 0.717) is 0 Å². The third kappa shape index (κ3) is 3.69. The molecule has 1 aromatic carbocycles. The number of benzene rings is 1. The Labute approximate surface area is 111 Å². The maximum atomic E-state index is 5.46. The van der Waals surface area contributed by atoms with Crippen LogP contribution in [0.5, 0.6) is 5.75 Å². The van der Waals surface area contributed by atoms with Crippen LogP contribution in [0.1, 0.15) is 12.0 Å². The van der Waals surface area contributed by atoms with Gasteiger partial charge in [0, 0.05) is 36.3 Å². The zero-order valence-corrected chi connectivity index (χ0v) is 11.7. The average Bonchev–Trinajstić information content (AvgIpc) is 2.58. The zero-order chi connectivity index (χ0) is 12.1. The lowest BCUT2D eigenvalue weighted by Crippen LogP contribution is -2.26. The number of rotatable bonds is 3. The van der Waals surface area contributed by atoms with E-state index in [4.69, 9.17) is 9.47 Å². The molecule has 1 saturated heterocycles. The van der Waals surface area contributed by atoms with Gasteiger partial charge in [0.15, 0.2) is 0 Å². The van der Waals surface area contributed by atoms with Crippen LogP contribution in [-0.4, -0.2) is 38.3 Å². The second-order valence-corrected chi connectivity index (χ2v) is 5.11. The molecule has 1 aromatic rings. The van der Waals surface area contributed by atoms with Crippen LogP contribution in [0.4, 0.5) is 0 Å². The Balaban J connectivity index is 2.07. The van der Waals surface area contributed by atoms with E-state index in [0.717, 1.165) is 49.5 Å². The second kappa shape index (κ2) is 6.38. The van der Waals surface area contributed by atoms with Crippen LogP contribution >= 0.6 is 15.9 Å². The quantitative estimate of drug-likeness (QED) is 0.856. The van der Waals surface area contributed by atoms with Crippen molar-refractivity contribution in [3.63, 3.8) is 0 Å². The smallest absolute Gasteiger partial charge is 0.123 e. The maximum absolute atomic E-state index is 5.46. The molecule has 94 valence electrons. The molecular formula is C13H18BrNO2. The highest BCUT2D eigenvalue weighted by Crippen LogP contribution is 2.24. The maximum Gasteiger partial charge on any atom is 0.123 e. The fourth-order valence-electron chi connectivity index (χ4n) is 2.07. The minimum Gasteiger partial charge on any atom is -0.496 e. The SMILES string of the molecule is COc1ccc(Br)cc1CN1CCCOCC1. The van der Waals surface area contributed by atoms with E-state index in [2.05, 4.69) is 26.9 Å². The Kier molecular flexibility index (Phi) is 4.83. The molecule has 0 saturated carbocycles. The van der Waals surface area contributed by atoms with Crippen LogP contribution in [0.3, 0.4) is 0 Å². The molecule has 0 bridgehead atoms. The summed E-state index contributed by atoms with van der Waals surface area (Å²) in [6.45, 7) is 4.72. The minimum atomic E-state index is 0.830. The van der Waals surface area contributed by atoms with E-state index in [-0.39, 0.29) is 0 Å². The van der Waals surface area contributed by atoms with E-state index in [1.54, 1.807) is 7.11 Å². The molecule has 0 atom stereocenters. The first-order valence-corrected chi connectivity index (χ1v) is 6.71. The number of hydrogen-bond donors (Lipinski definition) is 0. The summed E-state index contributed by atoms with van der Waals surface area (Å²) in [5.41, 5.74) is 1.23. The predicted octanol–water partition coefficient (Wildman–Crippen LogP) is 2.68. The average molecular weight is 300 g/mol. The molecule has 0 spiro atoms. The summed E-state index contributed by atoms with van der Waals surface area (Å²) in [4.78, 5) is 2.41. The molecule has 3 nitrogen and oxygen atoms in total. The Morgan fingerprint density at radius 2 is 2.24 bits per heavy atom. The lowest BCUT2D eigenvalue weighted by atomic mass is 10.2. The molecule has 17 heavy (non-hydrogen) atoms. The lowest BCUT2D eigenvalue weighted by Gasteiger charge is -2.20. The Bertz CT molecular complexity index is 362. The molecule has 2 rings (SSSR count). The predicted molar refractivity (Wildman–Crippen MR) is 71.4 cm³/mol. The van der Waals surface area contributed by atoms with Gasteiger partial charge < -0.3 is 9.47 Å². The van der Waals surface area contributed by atoms with Gasteiger partial charge >= 0.3 is 0 Å². The topological polar surface area (TPSA) is 21.7 Å². The van der Waals surface area contributed by atoms with Crippen LogP contribution in [-0.2, 0) is 11.3 Å². The molecule has 0 radical (unpaired) electrons. The molecule has 1 aliphatic heterocycles. The van der Waals surface area contributed by atoms with E-state index in [1.807, 2.05) is 12.1 Å². The molecule has 1 heterocycles. The van der Waals surface area contributed by atoms with Gasteiger partial charge in [0.05, 0.1) is 13.7 Å². The van der Waals surface area contributed by atoms with Gasteiger partial charge in [-0.3, -0.25) is 4.90 Å². The van der Waals surface area contributed by atoms with Crippen LogP contribution in [0, 0.1) is 0 Å². The summed E-state index contributed by atoms with van der Waals surface area (Å²) in [6, 6.07) is 6.15. The molecule has 1 fully saturated rings. The van der Waals surface area contributed by atoms with Crippen LogP contribution in [0.15, 0.2) is 22.7 Å². The zero-order valence-electron chi connectivity index (χ0n) is 10.1. The number of hydrogen-bond acceptors (Lipinski definition) is 3. The largest absolute Gasteiger partial charge is 0.496 e. The highest BCUT2D eigenvalue weighted by atomic mass is 79.9. The third-order valence-corrected chi connectivity index (χ3v) is 3.44. The highest BCUT2D eigenvalue weighted by molar-refractivity contribution is 9.10. The number of nitrogens with zero attached hydrogens (tertiary/aromatic N) is 1. The summed E-state index contributed by atoms with van der Waals surface area (Å²) in [5, 5.41) is 0. The van der Waals surface area contributed by atoms with Gasteiger partial charge in [-0.25, -0.2) is 0 Å². The Morgan fingerprint density at radius 3 is 3.06 bits per heavy atom. The van der Waals surface area contributed by atoms with E-state index in [9.17, 15) is 0 Å². The Hall–Kier alpha value is -0.580. The van der Waals surface area contributed by atoms with Crippen molar-refractivity contribution in [2.45, 2.75) is 13.0 Å². The molecule has 4 heteroatoms. The van der Waals surface area contributed by atoms with Gasteiger partial charge in [-0.15, -0.1) is 0 Å². The van der Waals surface area contributed by atoms with Crippen LogP contribution in [0.2, 0.25) is 0 Å². The van der Waals surface area contributed by atoms with Crippen molar-refractivity contribution in [3.8, 4) is 5.75 Å². The van der Waals surface area contributed by atoms with Crippen molar-refractivity contribution in [1.82, 2.24) is 4.90 Å². The first-order chi connectivity index (χ1) is 8.29. The third-order valence-electron chi connectivity index (χ3n) is 2.95. The van der Waals surface area contributed by atoms with Crippen LogP contribution < -0.4 is 4.74 Å². The number of methoxy groups -OCH3 is 1. The Morgan fingerprint density at radius 1 is 1.35 bits per heavy atom. The van der Waals surface area contributed by atoms with Crippen molar-refractivity contribution in [3.05, 3.63) is 28.2 Å². The van der Waals surface area contributed by atoms with Crippen molar-refractivity contribution in [2.75, 3.05) is 33.4 Å². The molecule has 0 aromatic heterocycles. The van der Waals surface area contributed by atoms with Gasteiger partial charge in [0.1, 0.15) is 5.75 Å². The lowest BCUT2D eigenvalue weighted by molar-refractivity contribution is 0.140. The van der Waals surface area contributed by atoms with Gasteiger partial charge in [-0.05, 0) is 24.6 Å². The van der Waals surface area contributed by atoms with E-state index >= 15 is 0 Å². The van der Waals surface area contributed by atoms with Gasteiger partial charge in [0.25, 0.3) is 0 Å². The van der Waals surface area contributed by atoms with Gasteiger partial charge in [-0.1, -0.05) is 15.9 Å². The molecule has 0 aliphatic carbocycles. The number of ether oxygens (including phenoxy) is 2. The fourth-order valence-corrected chi connectivity index (χ4v) is 2.48. The summed E-state index contributed by atoms with van der Waals surface area (Å²) in [5.74, 6) is 0.957. The minimum absolute atomic E-state index is 0.830. The molecule has 0 unspecified atom stereocenters. The first-order valence-electron chi connectivity index (χ1n) is 5.92. The van der Waals surface area contributed by atoms with E-state index in [1.165, 1.54) is 5.56 Å². The van der Waals surface area contributed by atoms with Gasteiger partial charge in [-0.2, -0.15) is 0 Å². The van der Waals surface area contributed by atoms with Crippen molar-refractivity contribution in [2.24, 2.45) is 0 Å². The summed E-state index contributed by atoms with van der Waals surface area (Å²) >= 11 is 3.51. The standard InChI is InChI=1S/C13H18BrNO2/c1-16-13-4-3-12(14)9-11(13)10-15-5-2-7-17-8-6-15/h3-4,9H,2,5-8,10H2,1H3. The fraction of sp³-hybridized carbons (Fsp3) is 0.538. The van der Waals surface area contributed by atoms with Crippen LogP contribution in [0.25, 0.3) is 0 Å². The monoisotopic (exact) mass is 299 g/mol. The molecule has 0 N–H and O–H groups in total. The molecule has 0 amide bonds. The summed E-state index contributed by atoms with van der Waals surface area (Å²) < 4.78 is 12.0. The highest BCUT2D eigenvalue weighted by Gasteiger charge is 2.12. The number of halogens is 1. The van der Waals surface area contributed by atoms with Gasteiger partial charge in [0.2, 0.25) is 0 Å². The molecule has 1 aliphatic rings. The van der Waals surface area contributed by atoms with Crippen molar-refractivity contribution < 1.29 is 9.47 Å². The van der Waals surface area contributed by atoms with Crippen molar-refractivity contribution >= 4 is 15.9 Å². The summed E-state index contributed by atoms with van der Waals surface area (Å²) in [7, 11) is 1.72. The van der Waals surface area contributed by atoms with Crippen molar-refractivity contribution in [1.29, 1.82) is 0 Å². The first kappa shape index (κ1) is 12.9. The normalized spacial score (nSPS) is 17.8. The summed E-state index contributed by atoms with van der Waals surface area (Å²) in [6.07, 6.45) is 1.11. The second-order valence-electron chi connectivity index (χ2n) is 4.20. The van der Waals surface area contributed by atoms with E-state index < -0.39 is 0 Å². The molecular weight excluding hydrogens is 282 g/mol.